The Labute approximate surface area is 179 Å². The largest absolute Gasteiger partial charge is 0.444 e. The maximum absolute atomic E-state index is 14.0. The predicted octanol–water partition coefficient (Wildman–Crippen LogP) is 3.25. The number of ether oxygens (including phenoxy) is 1. The van der Waals surface area contributed by atoms with Gasteiger partial charge in [-0.25, -0.2) is 19.2 Å². The van der Waals surface area contributed by atoms with Crippen LogP contribution in [-0.2, 0) is 4.74 Å². The minimum Gasteiger partial charge on any atom is -0.444 e. The Kier molecular flexibility index (Phi) is 5.34. The number of halogens is 1. The van der Waals surface area contributed by atoms with Gasteiger partial charge in [-0.3, -0.25) is 9.36 Å². The number of carbonyl (C=O) groups excluding carboxylic acids is 2. The van der Waals surface area contributed by atoms with Gasteiger partial charge in [-0.15, -0.1) is 0 Å². The van der Waals surface area contributed by atoms with Crippen molar-refractivity contribution in [3.63, 3.8) is 0 Å². The van der Waals surface area contributed by atoms with E-state index in [4.69, 9.17) is 4.74 Å². The van der Waals surface area contributed by atoms with Crippen molar-refractivity contribution in [3.8, 4) is 5.95 Å². The van der Waals surface area contributed by atoms with Crippen LogP contribution in [0, 0.1) is 5.82 Å². The molecule has 31 heavy (non-hydrogen) atoms. The van der Waals surface area contributed by atoms with Gasteiger partial charge in [0.2, 0.25) is 5.95 Å². The first-order valence-corrected chi connectivity index (χ1v) is 10.1. The average molecular weight is 425 g/mol. The molecule has 9 heteroatoms. The number of carbonyl (C=O) groups is 2. The summed E-state index contributed by atoms with van der Waals surface area (Å²) in [5.41, 5.74) is 0.436. The minimum atomic E-state index is -0.574. The second kappa shape index (κ2) is 7.98. The Hall–Kier alpha value is -3.49. The molecule has 4 rings (SSSR count). The number of nitrogens with zero attached hydrogens (tertiary/aromatic N) is 5. The molecule has 1 aliphatic rings. The van der Waals surface area contributed by atoms with Gasteiger partial charge in [0.1, 0.15) is 11.4 Å². The summed E-state index contributed by atoms with van der Waals surface area (Å²) in [4.78, 5) is 37.3. The normalized spacial score (nSPS) is 14.7. The lowest BCUT2D eigenvalue weighted by molar-refractivity contribution is 0.0141. The van der Waals surface area contributed by atoms with Crippen LogP contribution in [0.3, 0.4) is 0 Å². The van der Waals surface area contributed by atoms with Crippen molar-refractivity contribution in [3.05, 3.63) is 54.2 Å². The van der Waals surface area contributed by atoms with Crippen molar-refractivity contribution in [2.45, 2.75) is 26.4 Å². The Balaban J connectivity index is 1.58. The van der Waals surface area contributed by atoms with Crippen LogP contribution in [0.1, 0.15) is 31.1 Å². The van der Waals surface area contributed by atoms with E-state index >= 15 is 0 Å². The van der Waals surface area contributed by atoms with Crippen LogP contribution >= 0.6 is 0 Å². The summed E-state index contributed by atoms with van der Waals surface area (Å²) in [6, 6.07) is 6.00. The lowest BCUT2D eigenvalue weighted by Crippen LogP contribution is -2.51. The molecule has 1 fully saturated rings. The van der Waals surface area contributed by atoms with Gasteiger partial charge in [0.15, 0.2) is 0 Å². The molecule has 1 aliphatic heterocycles. The van der Waals surface area contributed by atoms with Gasteiger partial charge in [0, 0.05) is 50.2 Å². The Bertz CT molecular complexity index is 1120. The van der Waals surface area contributed by atoms with Crippen LogP contribution in [0.25, 0.3) is 16.9 Å². The number of piperazine rings is 1. The molecule has 3 aromatic rings. The van der Waals surface area contributed by atoms with Crippen molar-refractivity contribution < 1.29 is 18.7 Å². The summed E-state index contributed by atoms with van der Waals surface area (Å²) >= 11 is 0. The van der Waals surface area contributed by atoms with Gasteiger partial charge in [-0.2, -0.15) is 0 Å². The smallest absolute Gasteiger partial charge is 0.410 e. The molecule has 8 nitrogen and oxygen atoms in total. The number of benzene rings is 1. The molecule has 3 heterocycles. The van der Waals surface area contributed by atoms with E-state index in [2.05, 4.69) is 9.97 Å². The van der Waals surface area contributed by atoms with Gasteiger partial charge in [-0.1, -0.05) is 0 Å². The van der Waals surface area contributed by atoms with E-state index in [0.29, 0.717) is 48.6 Å². The van der Waals surface area contributed by atoms with Crippen LogP contribution in [0.4, 0.5) is 9.18 Å². The van der Waals surface area contributed by atoms with Crippen LogP contribution in [0.15, 0.2) is 42.9 Å². The molecule has 0 radical (unpaired) electrons. The molecule has 0 aliphatic carbocycles. The molecule has 0 bridgehead atoms. The van der Waals surface area contributed by atoms with Gasteiger partial charge in [-0.05, 0) is 45.0 Å². The number of aromatic nitrogens is 3. The van der Waals surface area contributed by atoms with Crippen molar-refractivity contribution in [2.24, 2.45) is 0 Å². The molecule has 1 aromatic carbocycles. The van der Waals surface area contributed by atoms with Crippen LogP contribution < -0.4 is 0 Å². The summed E-state index contributed by atoms with van der Waals surface area (Å²) < 4.78 is 21.1. The zero-order chi connectivity index (χ0) is 22.2. The SMILES string of the molecule is CC(C)(C)OC(=O)N1CCN(C(=O)c2cn(-c3ncccn3)c3ccc(F)cc23)CC1. The molecule has 162 valence electrons. The second-order valence-electron chi connectivity index (χ2n) is 8.38. The van der Waals surface area contributed by atoms with E-state index in [1.807, 2.05) is 20.8 Å². The third-order valence-electron chi connectivity index (χ3n) is 4.98. The number of hydrogen-bond donors (Lipinski definition) is 0. The highest BCUT2D eigenvalue weighted by atomic mass is 19.1. The monoisotopic (exact) mass is 425 g/mol. The Morgan fingerprint density at radius 3 is 2.32 bits per heavy atom. The van der Waals surface area contributed by atoms with Crippen molar-refractivity contribution in [1.82, 2.24) is 24.3 Å². The number of hydrogen-bond acceptors (Lipinski definition) is 5. The third kappa shape index (κ3) is 4.35. The van der Waals surface area contributed by atoms with Gasteiger partial charge in [0.05, 0.1) is 11.1 Å². The van der Waals surface area contributed by atoms with Gasteiger partial charge < -0.3 is 14.5 Å². The fourth-order valence-electron chi connectivity index (χ4n) is 3.54. The highest BCUT2D eigenvalue weighted by Crippen LogP contribution is 2.26. The number of amides is 2. The zero-order valence-electron chi connectivity index (χ0n) is 17.7. The number of fused-ring (bicyclic) bond motifs is 1. The van der Waals surface area contributed by atoms with Crippen molar-refractivity contribution in [2.75, 3.05) is 26.2 Å². The standard InChI is InChI=1S/C22H24FN5O3/c1-22(2,3)31-21(30)27-11-9-26(10-12-27)19(29)17-14-28(20-24-7-4-8-25-20)18-6-5-15(23)13-16(17)18/h4-8,13-14H,9-12H2,1-3H3. The molecule has 2 aromatic heterocycles. The van der Waals surface area contributed by atoms with E-state index in [9.17, 15) is 14.0 Å². The van der Waals surface area contributed by atoms with Gasteiger partial charge >= 0.3 is 6.09 Å². The molecular formula is C22H24FN5O3. The van der Waals surface area contributed by atoms with E-state index < -0.39 is 11.4 Å². The molecule has 0 spiro atoms. The fraction of sp³-hybridized carbons (Fsp3) is 0.364. The lowest BCUT2D eigenvalue weighted by Gasteiger charge is -2.35. The summed E-state index contributed by atoms with van der Waals surface area (Å²) in [6.45, 7) is 6.91. The third-order valence-corrected chi connectivity index (χ3v) is 4.98. The summed E-state index contributed by atoms with van der Waals surface area (Å²) in [5, 5.41) is 0.493. The quantitative estimate of drug-likeness (QED) is 0.630. The summed E-state index contributed by atoms with van der Waals surface area (Å²) in [6.07, 6.45) is 4.46. The van der Waals surface area contributed by atoms with Crippen molar-refractivity contribution in [1.29, 1.82) is 0 Å². The molecule has 0 N–H and O–H groups in total. The average Bonchev–Trinajstić information content (AvgIpc) is 3.11. The van der Waals surface area contributed by atoms with Crippen LogP contribution in [0.5, 0.6) is 0 Å². The first-order valence-electron chi connectivity index (χ1n) is 10.1. The topological polar surface area (TPSA) is 80.6 Å². The predicted molar refractivity (Wildman–Crippen MR) is 113 cm³/mol. The molecule has 0 saturated carbocycles. The highest BCUT2D eigenvalue weighted by Gasteiger charge is 2.29. The van der Waals surface area contributed by atoms with E-state index in [1.54, 1.807) is 45.1 Å². The minimum absolute atomic E-state index is 0.228. The van der Waals surface area contributed by atoms with Crippen LogP contribution in [0.2, 0.25) is 0 Å². The van der Waals surface area contributed by atoms with E-state index in [0.717, 1.165) is 0 Å². The van der Waals surface area contributed by atoms with E-state index in [1.165, 1.54) is 12.1 Å². The van der Waals surface area contributed by atoms with Crippen LogP contribution in [-0.4, -0.2) is 68.1 Å². The second-order valence-corrected chi connectivity index (χ2v) is 8.38. The zero-order valence-corrected chi connectivity index (χ0v) is 17.7. The first-order chi connectivity index (χ1) is 14.7. The summed E-state index contributed by atoms with van der Waals surface area (Å²) in [5.74, 6) is -0.259. The number of rotatable bonds is 2. The van der Waals surface area contributed by atoms with E-state index in [-0.39, 0.29) is 12.0 Å². The lowest BCUT2D eigenvalue weighted by atomic mass is 10.1. The Morgan fingerprint density at radius 1 is 1.03 bits per heavy atom. The molecule has 0 atom stereocenters. The summed E-state index contributed by atoms with van der Waals surface area (Å²) in [7, 11) is 0. The fourth-order valence-corrected chi connectivity index (χ4v) is 3.54. The maximum atomic E-state index is 14.0. The molecular weight excluding hydrogens is 401 g/mol. The maximum Gasteiger partial charge on any atom is 0.410 e. The first kappa shape index (κ1) is 20.8. The molecule has 0 unspecified atom stereocenters. The Morgan fingerprint density at radius 2 is 1.68 bits per heavy atom. The highest BCUT2D eigenvalue weighted by molar-refractivity contribution is 6.07. The molecule has 2 amide bonds. The van der Waals surface area contributed by atoms with Gasteiger partial charge in [0.25, 0.3) is 5.91 Å². The molecule has 1 saturated heterocycles. The van der Waals surface area contributed by atoms with Crippen molar-refractivity contribution >= 4 is 22.9 Å².